The maximum atomic E-state index is 6.00. The second kappa shape index (κ2) is 8.19. The Morgan fingerprint density at radius 3 is 2.75 bits per heavy atom. The largest absolute Gasteiger partial charge is 0.493 e. The molecule has 5 nitrogen and oxygen atoms in total. The van der Waals surface area contributed by atoms with E-state index >= 15 is 0 Å². The molecule has 3 unspecified atom stereocenters. The van der Waals surface area contributed by atoms with E-state index in [9.17, 15) is 0 Å². The second-order valence-corrected chi connectivity index (χ2v) is 6.45. The molecule has 5 heteroatoms. The van der Waals surface area contributed by atoms with Gasteiger partial charge in [-0.2, -0.15) is 0 Å². The molecule has 1 heterocycles. The van der Waals surface area contributed by atoms with Gasteiger partial charge in [0.05, 0.1) is 33.0 Å². The van der Waals surface area contributed by atoms with Gasteiger partial charge in [-0.25, -0.2) is 0 Å². The third-order valence-corrected chi connectivity index (χ3v) is 5.17. The number of rotatable bonds is 7. The van der Waals surface area contributed by atoms with Crippen LogP contribution in [0.25, 0.3) is 0 Å². The van der Waals surface area contributed by atoms with Gasteiger partial charge in [0.25, 0.3) is 0 Å². The predicted octanol–water partition coefficient (Wildman–Crippen LogP) is 2.51. The first-order valence-corrected chi connectivity index (χ1v) is 8.95. The zero-order valence-corrected chi connectivity index (χ0v) is 15.0. The van der Waals surface area contributed by atoms with Gasteiger partial charge in [-0.15, -0.1) is 0 Å². The molecule has 1 aromatic carbocycles. The number of methoxy groups -OCH3 is 2. The van der Waals surface area contributed by atoms with Gasteiger partial charge < -0.3 is 18.9 Å². The van der Waals surface area contributed by atoms with E-state index in [0.717, 1.165) is 50.6 Å². The maximum absolute atomic E-state index is 6.00. The van der Waals surface area contributed by atoms with Crippen molar-refractivity contribution in [1.82, 2.24) is 4.90 Å². The predicted molar refractivity (Wildman–Crippen MR) is 93.0 cm³/mol. The molecule has 0 radical (unpaired) electrons. The molecule has 2 bridgehead atoms. The monoisotopic (exact) mass is 335 g/mol. The van der Waals surface area contributed by atoms with E-state index in [-0.39, 0.29) is 12.2 Å². The number of nitrogens with zero attached hydrogens (tertiary/aromatic N) is 1. The average Bonchev–Trinajstić information content (AvgIpc) is 2.90. The summed E-state index contributed by atoms with van der Waals surface area (Å²) < 4.78 is 22.7. The Labute approximate surface area is 144 Å². The van der Waals surface area contributed by atoms with Crippen LogP contribution in [-0.2, 0) is 15.9 Å². The molecule has 2 fully saturated rings. The SMILES string of the molecule is CCOC1C2CCC1N(CCc1ccc(OC)c(OC)c1)CCO2. The van der Waals surface area contributed by atoms with Crippen molar-refractivity contribution in [1.29, 1.82) is 0 Å². The highest BCUT2D eigenvalue weighted by atomic mass is 16.5. The van der Waals surface area contributed by atoms with Crippen molar-refractivity contribution in [2.24, 2.45) is 0 Å². The Bertz CT molecular complexity index is 536. The topological polar surface area (TPSA) is 40.2 Å². The first-order valence-electron chi connectivity index (χ1n) is 8.95. The molecule has 2 aliphatic rings. The normalized spacial score (nSPS) is 27.0. The summed E-state index contributed by atoms with van der Waals surface area (Å²) in [6.07, 6.45) is 3.77. The summed E-state index contributed by atoms with van der Waals surface area (Å²) in [5, 5.41) is 0. The third-order valence-electron chi connectivity index (χ3n) is 5.17. The van der Waals surface area contributed by atoms with Crippen LogP contribution in [0, 0.1) is 0 Å². The van der Waals surface area contributed by atoms with E-state index in [4.69, 9.17) is 18.9 Å². The molecule has 3 rings (SSSR count). The van der Waals surface area contributed by atoms with Crippen LogP contribution in [0.5, 0.6) is 11.5 Å². The maximum Gasteiger partial charge on any atom is 0.160 e. The summed E-state index contributed by atoms with van der Waals surface area (Å²) in [5.74, 6) is 1.57. The molecule has 3 atom stereocenters. The molecule has 1 aromatic rings. The van der Waals surface area contributed by atoms with Crippen LogP contribution in [0.4, 0.5) is 0 Å². The molecule has 1 aliphatic carbocycles. The highest BCUT2D eigenvalue weighted by Crippen LogP contribution is 2.32. The lowest BCUT2D eigenvalue weighted by Crippen LogP contribution is -2.44. The van der Waals surface area contributed by atoms with Crippen molar-refractivity contribution in [3.8, 4) is 11.5 Å². The Hall–Kier alpha value is -1.30. The lowest BCUT2D eigenvalue weighted by atomic mass is 10.1. The van der Waals surface area contributed by atoms with E-state index in [1.165, 1.54) is 12.0 Å². The molecule has 1 aliphatic heterocycles. The van der Waals surface area contributed by atoms with Crippen molar-refractivity contribution in [3.05, 3.63) is 23.8 Å². The van der Waals surface area contributed by atoms with Crippen molar-refractivity contribution >= 4 is 0 Å². The fraction of sp³-hybridized carbons (Fsp3) is 0.684. The lowest BCUT2D eigenvalue weighted by Gasteiger charge is -2.31. The van der Waals surface area contributed by atoms with Crippen molar-refractivity contribution in [3.63, 3.8) is 0 Å². The number of fused-ring (bicyclic) bond motifs is 2. The van der Waals surface area contributed by atoms with Gasteiger partial charge in [-0.1, -0.05) is 6.07 Å². The lowest BCUT2D eigenvalue weighted by molar-refractivity contribution is -0.0494. The number of hydrogen-bond donors (Lipinski definition) is 0. The molecular formula is C19H29NO4. The van der Waals surface area contributed by atoms with Crippen LogP contribution in [0.2, 0.25) is 0 Å². The first-order chi connectivity index (χ1) is 11.8. The van der Waals surface area contributed by atoms with Crippen LogP contribution in [0.1, 0.15) is 25.3 Å². The van der Waals surface area contributed by atoms with Gasteiger partial charge in [0, 0.05) is 25.7 Å². The van der Waals surface area contributed by atoms with Crippen LogP contribution in [-0.4, -0.2) is 63.7 Å². The smallest absolute Gasteiger partial charge is 0.160 e. The molecule has 0 amide bonds. The molecule has 134 valence electrons. The molecule has 0 aromatic heterocycles. The van der Waals surface area contributed by atoms with Gasteiger partial charge in [-0.05, 0) is 43.9 Å². The summed E-state index contributed by atoms with van der Waals surface area (Å²) in [7, 11) is 3.35. The quantitative estimate of drug-likeness (QED) is 0.766. The van der Waals surface area contributed by atoms with Crippen LogP contribution in [0.3, 0.4) is 0 Å². The average molecular weight is 335 g/mol. The van der Waals surface area contributed by atoms with Crippen LogP contribution in [0.15, 0.2) is 18.2 Å². The summed E-state index contributed by atoms with van der Waals surface area (Å²) in [6, 6.07) is 6.66. The van der Waals surface area contributed by atoms with Gasteiger partial charge >= 0.3 is 0 Å². The Balaban J connectivity index is 1.65. The highest BCUT2D eigenvalue weighted by molar-refractivity contribution is 5.42. The van der Waals surface area contributed by atoms with Crippen molar-refractivity contribution in [2.75, 3.05) is 40.5 Å². The standard InChI is InChI=1S/C19H29NO4/c1-4-23-19-15-6-8-17(19)24-12-11-20(15)10-9-14-5-7-16(21-2)18(13-14)22-3/h5,7,13,15,17,19H,4,6,8-12H2,1-3H3. The Kier molecular flexibility index (Phi) is 5.98. The van der Waals surface area contributed by atoms with Crippen LogP contribution < -0.4 is 9.47 Å². The van der Waals surface area contributed by atoms with E-state index < -0.39 is 0 Å². The molecule has 0 N–H and O–H groups in total. The first kappa shape index (κ1) is 17.5. The third kappa shape index (κ3) is 3.68. The highest BCUT2D eigenvalue weighted by Gasteiger charge is 2.42. The van der Waals surface area contributed by atoms with E-state index in [1.54, 1.807) is 14.2 Å². The number of ether oxygens (including phenoxy) is 4. The van der Waals surface area contributed by atoms with E-state index in [1.807, 2.05) is 6.07 Å². The minimum absolute atomic E-state index is 0.225. The molecule has 1 saturated carbocycles. The van der Waals surface area contributed by atoms with Gasteiger partial charge in [0.15, 0.2) is 11.5 Å². The molecule has 1 saturated heterocycles. The minimum atomic E-state index is 0.225. The zero-order chi connectivity index (χ0) is 16.9. The summed E-state index contributed by atoms with van der Waals surface area (Å²) >= 11 is 0. The van der Waals surface area contributed by atoms with E-state index in [2.05, 4.69) is 24.0 Å². The fourth-order valence-electron chi connectivity index (χ4n) is 3.96. The minimum Gasteiger partial charge on any atom is -0.493 e. The number of benzene rings is 1. The Morgan fingerprint density at radius 2 is 2.00 bits per heavy atom. The van der Waals surface area contributed by atoms with E-state index in [0.29, 0.717) is 6.04 Å². The summed E-state index contributed by atoms with van der Waals surface area (Å²) in [5.41, 5.74) is 1.26. The number of hydrogen-bond acceptors (Lipinski definition) is 5. The fourth-order valence-corrected chi connectivity index (χ4v) is 3.96. The van der Waals surface area contributed by atoms with Gasteiger partial charge in [0.1, 0.15) is 0 Å². The zero-order valence-electron chi connectivity index (χ0n) is 15.0. The Morgan fingerprint density at radius 1 is 1.17 bits per heavy atom. The van der Waals surface area contributed by atoms with Gasteiger partial charge in [-0.3, -0.25) is 4.90 Å². The summed E-state index contributed by atoms with van der Waals surface area (Å²) in [4.78, 5) is 2.55. The summed E-state index contributed by atoms with van der Waals surface area (Å²) in [6.45, 7) is 5.62. The second-order valence-electron chi connectivity index (χ2n) is 6.45. The molecule has 24 heavy (non-hydrogen) atoms. The van der Waals surface area contributed by atoms with Gasteiger partial charge in [0.2, 0.25) is 0 Å². The molecule has 0 spiro atoms. The van der Waals surface area contributed by atoms with Crippen LogP contribution >= 0.6 is 0 Å². The molecular weight excluding hydrogens is 306 g/mol. The van der Waals surface area contributed by atoms with Crippen molar-refractivity contribution in [2.45, 2.75) is 44.4 Å². The van der Waals surface area contributed by atoms with Crippen molar-refractivity contribution < 1.29 is 18.9 Å².